The summed E-state index contributed by atoms with van der Waals surface area (Å²) in [5.41, 5.74) is 5.31. The number of rotatable bonds is 5. The van der Waals surface area contributed by atoms with Crippen LogP contribution < -0.4 is 5.73 Å². The van der Waals surface area contributed by atoms with Crippen LogP contribution in [0.4, 0.5) is 10.1 Å². The molecule has 1 aromatic rings. The summed E-state index contributed by atoms with van der Waals surface area (Å²) in [4.78, 5) is 20.0. The Morgan fingerprint density at radius 3 is 2.71 bits per heavy atom. The molecule has 1 atom stereocenters. The van der Waals surface area contributed by atoms with Crippen molar-refractivity contribution in [2.45, 2.75) is 18.9 Å². The smallest absolute Gasteiger partial charge is 0.303 e. The van der Waals surface area contributed by atoms with Gasteiger partial charge in [0.1, 0.15) is 5.82 Å². The van der Waals surface area contributed by atoms with Gasteiger partial charge in [-0.3, -0.25) is 14.9 Å². The van der Waals surface area contributed by atoms with Gasteiger partial charge >= 0.3 is 5.97 Å². The lowest BCUT2D eigenvalue weighted by atomic mass is 10.0. The Hall–Kier alpha value is -2.02. The highest BCUT2D eigenvalue weighted by Crippen LogP contribution is 2.23. The lowest BCUT2D eigenvalue weighted by Crippen LogP contribution is -2.14. The number of nitrogens with two attached hydrogens (primary N) is 1. The summed E-state index contributed by atoms with van der Waals surface area (Å²) in [6, 6.07) is 2.33. The van der Waals surface area contributed by atoms with Crippen LogP contribution in [0, 0.1) is 15.9 Å². The van der Waals surface area contributed by atoms with E-state index in [1.165, 1.54) is 6.07 Å². The molecule has 0 fully saturated rings. The molecule has 3 N–H and O–H groups in total. The molecule has 0 saturated carbocycles. The molecule has 6 nitrogen and oxygen atoms in total. The van der Waals surface area contributed by atoms with Crippen LogP contribution in [-0.4, -0.2) is 16.0 Å². The molecule has 1 rings (SSSR count). The summed E-state index contributed by atoms with van der Waals surface area (Å²) in [6.07, 6.45) is -0.109. The van der Waals surface area contributed by atoms with Gasteiger partial charge in [0.15, 0.2) is 0 Å². The fraction of sp³-hybridized carbons (Fsp3) is 0.300. The first-order chi connectivity index (χ1) is 7.91. The molecule has 92 valence electrons. The average molecular weight is 242 g/mol. The minimum Gasteiger partial charge on any atom is -0.481 e. The van der Waals surface area contributed by atoms with E-state index in [1.54, 1.807) is 0 Å². The van der Waals surface area contributed by atoms with Crippen molar-refractivity contribution >= 4 is 11.7 Å². The topological polar surface area (TPSA) is 106 Å². The maximum absolute atomic E-state index is 13.5. The van der Waals surface area contributed by atoms with Gasteiger partial charge in [0.05, 0.1) is 11.0 Å². The van der Waals surface area contributed by atoms with Crippen molar-refractivity contribution in [1.29, 1.82) is 0 Å². The lowest BCUT2D eigenvalue weighted by Gasteiger charge is -2.11. The van der Waals surface area contributed by atoms with Crippen LogP contribution in [0.25, 0.3) is 0 Å². The normalized spacial score (nSPS) is 12.1. The summed E-state index contributed by atoms with van der Waals surface area (Å²) >= 11 is 0. The molecule has 0 radical (unpaired) electrons. The van der Waals surface area contributed by atoms with Gasteiger partial charge in [0.2, 0.25) is 0 Å². The quantitative estimate of drug-likeness (QED) is 0.602. The number of hydrogen-bond donors (Lipinski definition) is 2. The van der Waals surface area contributed by atoms with Crippen LogP contribution in [-0.2, 0) is 4.79 Å². The average Bonchev–Trinajstić information content (AvgIpc) is 2.25. The summed E-state index contributed by atoms with van der Waals surface area (Å²) in [7, 11) is 0. The van der Waals surface area contributed by atoms with Crippen molar-refractivity contribution in [2.24, 2.45) is 5.73 Å². The van der Waals surface area contributed by atoms with E-state index < -0.39 is 22.8 Å². The molecule has 0 bridgehead atoms. The molecule has 0 saturated heterocycles. The Morgan fingerprint density at radius 1 is 1.59 bits per heavy atom. The zero-order valence-electron chi connectivity index (χ0n) is 8.80. The van der Waals surface area contributed by atoms with Crippen LogP contribution in [0.15, 0.2) is 18.2 Å². The Labute approximate surface area is 96.0 Å². The van der Waals surface area contributed by atoms with Crippen molar-refractivity contribution in [3.05, 3.63) is 39.7 Å². The standard InChI is InChI=1S/C10H11FN2O4/c11-8-5-6(13(16)17)1-2-7(8)9(12)3-4-10(14)15/h1-2,5,9H,3-4,12H2,(H,14,15). The van der Waals surface area contributed by atoms with Gasteiger partial charge in [-0.1, -0.05) is 0 Å². The fourth-order valence-electron chi connectivity index (χ4n) is 1.36. The summed E-state index contributed by atoms with van der Waals surface area (Å²) in [6.45, 7) is 0. The molecule has 1 unspecified atom stereocenters. The molecule has 0 aliphatic heterocycles. The monoisotopic (exact) mass is 242 g/mol. The third kappa shape index (κ3) is 3.49. The first-order valence-corrected chi connectivity index (χ1v) is 4.83. The zero-order chi connectivity index (χ0) is 13.0. The molecule has 0 spiro atoms. The van der Waals surface area contributed by atoms with Gasteiger partial charge < -0.3 is 10.8 Å². The van der Waals surface area contributed by atoms with Gasteiger partial charge in [-0.25, -0.2) is 4.39 Å². The fourth-order valence-corrected chi connectivity index (χ4v) is 1.36. The number of aliphatic carboxylic acids is 1. The van der Waals surface area contributed by atoms with Gasteiger partial charge in [-0.05, 0) is 12.5 Å². The molecule has 0 aliphatic rings. The molecule has 1 aromatic carbocycles. The minimum absolute atomic E-state index is 0.0735. The second kappa shape index (κ2) is 5.35. The van der Waals surface area contributed by atoms with Crippen molar-refractivity contribution in [3.8, 4) is 0 Å². The Balaban J connectivity index is 2.84. The molecular formula is C10H11FN2O4. The highest BCUT2D eigenvalue weighted by atomic mass is 19.1. The second-order valence-electron chi connectivity index (χ2n) is 3.50. The van der Waals surface area contributed by atoms with Crippen molar-refractivity contribution in [2.75, 3.05) is 0 Å². The maximum Gasteiger partial charge on any atom is 0.303 e. The number of nitro groups is 1. The molecule has 7 heteroatoms. The third-order valence-corrected chi connectivity index (χ3v) is 2.26. The first-order valence-electron chi connectivity index (χ1n) is 4.83. The van der Waals surface area contributed by atoms with E-state index in [9.17, 15) is 19.3 Å². The largest absolute Gasteiger partial charge is 0.481 e. The third-order valence-electron chi connectivity index (χ3n) is 2.26. The molecule has 0 aliphatic carbocycles. The van der Waals surface area contributed by atoms with Crippen molar-refractivity contribution in [1.82, 2.24) is 0 Å². The van der Waals surface area contributed by atoms with Gasteiger partial charge in [-0.15, -0.1) is 0 Å². The number of benzene rings is 1. The second-order valence-corrected chi connectivity index (χ2v) is 3.50. The van der Waals surface area contributed by atoms with Crippen LogP contribution in [0.5, 0.6) is 0 Å². The van der Waals surface area contributed by atoms with E-state index >= 15 is 0 Å². The number of non-ortho nitro benzene ring substituents is 1. The summed E-state index contributed by atoms with van der Waals surface area (Å²) in [5.74, 6) is -1.82. The van der Waals surface area contributed by atoms with E-state index in [-0.39, 0.29) is 24.1 Å². The Bertz CT molecular complexity index is 450. The van der Waals surface area contributed by atoms with E-state index in [0.717, 1.165) is 12.1 Å². The number of nitrogens with zero attached hydrogens (tertiary/aromatic N) is 1. The van der Waals surface area contributed by atoms with Crippen molar-refractivity contribution in [3.63, 3.8) is 0 Å². The highest BCUT2D eigenvalue weighted by Gasteiger charge is 2.16. The molecule has 0 heterocycles. The summed E-state index contributed by atoms with van der Waals surface area (Å²) < 4.78 is 13.5. The maximum atomic E-state index is 13.5. The predicted molar refractivity (Wildman–Crippen MR) is 56.9 cm³/mol. The molecule has 17 heavy (non-hydrogen) atoms. The molecule has 0 aromatic heterocycles. The van der Waals surface area contributed by atoms with Gasteiger partial charge in [-0.2, -0.15) is 0 Å². The number of carboxylic acid groups (broad SMARTS) is 1. The van der Waals surface area contributed by atoms with Crippen LogP contribution in [0.3, 0.4) is 0 Å². The number of hydrogen-bond acceptors (Lipinski definition) is 4. The van der Waals surface area contributed by atoms with E-state index in [2.05, 4.69) is 0 Å². The van der Waals surface area contributed by atoms with Crippen LogP contribution >= 0.6 is 0 Å². The number of nitro benzene ring substituents is 1. The van der Waals surface area contributed by atoms with E-state index in [4.69, 9.17) is 10.8 Å². The number of halogens is 1. The van der Waals surface area contributed by atoms with E-state index in [1.807, 2.05) is 0 Å². The summed E-state index contributed by atoms with van der Waals surface area (Å²) in [5, 5.41) is 18.8. The highest BCUT2D eigenvalue weighted by molar-refractivity contribution is 5.66. The van der Waals surface area contributed by atoms with Crippen LogP contribution in [0.1, 0.15) is 24.4 Å². The molecule has 0 amide bonds. The minimum atomic E-state index is -1.03. The zero-order valence-corrected chi connectivity index (χ0v) is 8.80. The lowest BCUT2D eigenvalue weighted by molar-refractivity contribution is -0.385. The molecular weight excluding hydrogens is 231 g/mol. The first kappa shape index (κ1) is 13.0. The predicted octanol–water partition coefficient (Wildman–Crippen LogP) is 1.60. The number of carboxylic acids is 1. The van der Waals surface area contributed by atoms with Crippen LogP contribution in [0.2, 0.25) is 0 Å². The number of carbonyl (C=O) groups is 1. The van der Waals surface area contributed by atoms with E-state index in [0.29, 0.717) is 0 Å². The van der Waals surface area contributed by atoms with Gasteiger partial charge in [0, 0.05) is 24.1 Å². The Kier molecular flexibility index (Phi) is 4.11. The SMILES string of the molecule is NC(CCC(=O)O)c1ccc([N+](=O)[O-])cc1F. The Morgan fingerprint density at radius 2 is 2.24 bits per heavy atom. The van der Waals surface area contributed by atoms with Gasteiger partial charge in [0.25, 0.3) is 5.69 Å². The van der Waals surface area contributed by atoms with Crippen molar-refractivity contribution < 1.29 is 19.2 Å².